The molecular formula is C5H11FO3S. The summed E-state index contributed by atoms with van der Waals surface area (Å²) in [6.45, 7) is 3.61. The van der Waals surface area contributed by atoms with Crippen molar-refractivity contribution in [3.05, 3.63) is 0 Å². The lowest BCUT2D eigenvalue weighted by molar-refractivity contribution is 0.201. The Labute approximate surface area is 60.0 Å². The van der Waals surface area contributed by atoms with Crippen LogP contribution < -0.4 is 0 Å². The van der Waals surface area contributed by atoms with Gasteiger partial charge in [0.25, 0.3) is 10.1 Å². The van der Waals surface area contributed by atoms with Crippen LogP contribution >= 0.6 is 0 Å². The number of alkyl halides is 1. The van der Waals surface area contributed by atoms with E-state index in [0.717, 1.165) is 6.92 Å². The van der Waals surface area contributed by atoms with Crippen molar-refractivity contribution in [2.75, 3.05) is 0 Å². The molecule has 3 nitrogen and oxygen atoms in total. The van der Waals surface area contributed by atoms with Gasteiger partial charge in [-0.15, -0.1) is 0 Å². The Morgan fingerprint density at radius 2 is 1.80 bits per heavy atom. The molecule has 0 saturated carbocycles. The van der Waals surface area contributed by atoms with Crippen LogP contribution in [0.3, 0.4) is 0 Å². The molecular weight excluding hydrogens is 159 g/mol. The molecule has 0 rings (SSSR count). The topological polar surface area (TPSA) is 54.4 Å². The third-order valence-electron chi connectivity index (χ3n) is 1.54. The first-order valence-corrected chi connectivity index (χ1v) is 4.29. The van der Waals surface area contributed by atoms with Crippen LogP contribution in [-0.4, -0.2) is 18.0 Å². The fourth-order valence-corrected chi connectivity index (χ4v) is 0.894. The standard InChI is InChI=1S/C5H11FO3S/c1-4(2)5(3,6)10(7,8)9/h4H,1-3H3,(H,7,8,9). The molecule has 10 heavy (non-hydrogen) atoms. The summed E-state index contributed by atoms with van der Waals surface area (Å²) in [5.74, 6) is -0.748. The first kappa shape index (κ1) is 9.84. The largest absolute Gasteiger partial charge is 0.300 e. The van der Waals surface area contributed by atoms with E-state index >= 15 is 0 Å². The summed E-state index contributed by atoms with van der Waals surface area (Å²) in [7, 11) is -4.57. The van der Waals surface area contributed by atoms with E-state index in [9.17, 15) is 12.8 Å². The van der Waals surface area contributed by atoms with Crippen LogP contribution in [0.15, 0.2) is 0 Å². The molecule has 0 aliphatic carbocycles. The van der Waals surface area contributed by atoms with Gasteiger partial charge in [-0.05, 0) is 6.92 Å². The van der Waals surface area contributed by atoms with Gasteiger partial charge in [-0.1, -0.05) is 13.8 Å². The summed E-state index contributed by atoms with van der Waals surface area (Å²) in [4.78, 5) is 0. The third-order valence-corrected chi connectivity index (χ3v) is 3.02. The van der Waals surface area contributed by atoms with Crippen molar-refractivity contribution in [1.29, 1.82) is 0 Å². The van der Waals surface area contributed by atoms with Gasteiger partial charge in [0.1, 0.15) is 0 Å². The van der Waals surface area contributed by atoms with Gasteiger partial charge >= 0.3 is 0 Å². The van der Waals surface area contributed by atoms with Crippen LogP contribution in [0.4, 0.5) is 4.39 Å². The third kappa shape index (κ3) is 1.67. The first-order valence-electron chi connectivity index (χ1n) is 2.85. The zero-order chi connectivity index (χ0) is 8.58. The van der Waals surface area contributed by atoms with Gasteiger partial charge in [0.2, 0.25) is 5.00 Å². The molecule has 0 aromatic heterocycles. The lowest BCUT2D eigenvalue weighted by Gasteiger charge is -2.20. The maximum absolute atomic E-state index is 12.9. The Morgan fingerprint density at radius 1 is 1.50 bits per heavy atom. The summed E-state index contributed by atoms with van der Waals surface area (Å²) in [6, 6.07) is 0. The van der Waals surface area contributed by atoms with E-state index < -0.39 is 21.0 Å². The van der Waals surface area contributed by atoms with Crippen molar-refractivity contribution in [3.8, 4) is 0 Å². The molecule has 0 aliphatic heterocycles. The number of halogens is 1. The molecule has 5 heteroatoms. The van der Waals surface area contributed by atoms with E-state index in [2.05, 4.69) is 0 Å². The smallest absolute Gasteiger partial charge is 0.283 e. The van der Waals surface area contributed by atoms with Crippen LogP contribution in [0.25, 0.3) is 0 Å². The van der Waals surface area contributed by atoms with Gasteiger partial charge in [-0.25, -0.2) is 4.39 Å². The number of hydrogen-bond donors (Lipinski definition) is 1. The Bertz CT molecular complexity index is 205. The van der Waals surface area contributed by atoms with Crippen molar-refractivity contribution in [1.82, 2.24) is 0 Å². The Morgan fingerprint density at radius 3 is 1.80 bits per heavy atom. The lowest BCUT2D eigenvalue weighted by Crippen LogP contribution is -2.35. The molecule has 0 amide bonds. The molecule has 1 N–H and O–H groups in total. The van der Waals surface area contributed by atoms with Crippen LogP contribution in [0.5, 0.6) is 0 Å². The van der Waals surface area contributed by atoms with Crippen molar-refractivity contribution < 1.29 is 17.4 Å². The molecule has 0 aromatic rings. The highest BCUT2D eigenvalue weighted by Gasteiger charge is 2.41. The van der Waals surface area contributed by atoms with Crippen LogP contribution in [0.1, 0.15) is 20.8 Å². The van der Waals surface area contributed by atoms with E-state index in [4.69, 9.17) is 4.55 Å². The van der Waals surface area contributed by atoms with Gasteiger partial charge in [0.05, 0.1) is 0 Å². The van der Waals surface area contributed by atoms with Gasteiger partial charge < -0.3 is 0 Å². The summed E-state index contributed by atoms with van der Waals surface area (Å²) in [6.07, 6.45) is 0. The number of hydrogen-bond acceptors (Lipinski definition) is 2. The molecule has 0 radical (unpaired) electrons. The predicted octanol–water partition coefficient (Wildman–Crippen LogP) is 1.22. The van der Waals surface area contributed by atoms with Crippen molar-refractivity contribution in [3.63, 3.8) is 0 Å². The maximum Gasteiger partial charge on any atom is 0.300 e. The fourth-order valence-electron chi connectivity index (χ4n) is 0.298. The lowest BCUT2D eigenvalue weighted by atomic mass is 10.1. The Kier molecular flexibility index (Phi) is 2.43. The van der Waals surface area contributed by atoms with Gasteiger partial charge in [0, 0.05) is 5.92 Å². The average Bonchev–Trinajstić information content (AvgIpc) is 1.62. The molecule has 0 bridgehead atoms. The first-order chi connectivity index (χ1) is 4.19. The Balaban J connectivity index is 4.76. The predicted molar refractivity (Wildman–Crippen MR) is 35.9 cm³/mol. The van der Waals surface area contributed by atoms with E-state index in [0.29, 0.717) is 0 Å². The molecule has 62 valence electrons. The molecule has 1 atom stereocenters. The molecule has 0 saturated heterocycles. The normalized spacial score (nSPS) is 19.0. The monoisotopic (exact) mass is 170 g/mol. The summed E-state index contributed by atoms with van der Waals surface area (Å²) in [5.41, 5.74) is 0. The van der Waals surface area contributed by atoms with E-state index in [1.54, 1.807) is 0 Å². The average molecular weight is 170 g/mol. The van der Waals surface area contributed by atoms with Gasteiger partial charge in [-0.2, -0.15) is 8.42 Å². The maximum atomic E-state index is 12.9. The minimum Gasteiger partial charge on any atom is -0.283 e. The van der Waals surface area contributed by atoms with Crippen molar-refractivity contribution in [2.45, 2.75) is 25.8 Å². The Hall–Kier alpha value is -0.160. The zero-order valence-electron chi connectivity index (χ0n) is 6.13. The highest BCUT2D eigenvalue weighted by Crippen LogP contribution is 2.26. The summed E-state index contributed by atoms with van der Waals surface area (Å²) >= 11 is 0. The quantitative estimate of drug-likeness (QED) is 0.634. The second-order valence-corrected chi connectivity index (χ2v) is 4.36. The van der Waals surface area contributed by atoms with E-state index in [1.807, 2.05) is 0 Å². The summed E-state index contributed by atoms with van der Waals surface area (Å²) < 4.78 is 41.7. The van der Waals surface area contributed by atoms with Crippen molar-refractivity contribution in [2.24, 2.45) is 5.92 Å². The molecule has 1 unspecified atom stereocenters. The molecule has 0 aliphatic rings. The van der Waals surface area contributed by atoms with Gasteiger partial charge in [-0.3, -0.25) is 4.55 Å². The molecule has 0 heterocycles. The second-order valence-electron chi connectivity index (χ2n) is 2.62. The molecule has 0 fully saturated rings. The van der Waals surface area contributed by atoms with E-state index in [-0.39, 0.29) is 0 Å². The number of rotatable bonds is 2. The minimum absolute atomic E-state index is 0.748. The summed E-state index contributed by atoms with van der Waals surface area (Å²) in [5, 5.41) is -2.53. The highest BCUT2D eigenvalue weighted by molar-refractivity contribution is 7.87. The molecule has 0 spiro atoms. The second kappa shape index (κ2) is 2.47. The fraction of sp³-hybridized carbons (Fsp3) is 1.00. The minimum atomic E-state index is -4.57. The van der Waals surface area contributed by atoms with Crippen LogP contribution in [0, 0.1) is 5.92 Å². The van der Waals surface area contributed by atoms with Gasteiger partial charge in [0.15, 0.2) is 0 Å². The van der Waals surface area contributed by atoms with Crippen molar-refractivity contribution >= 4 is 10.1 Å². The van der Waals surface area contributed by atoms with Crippen LogP contribution in [0.2, 0.25) is 0 Å². The van der Waals surface area contributed by atoms with E-state index in [1.165, 1.54) is 13.8 Å². The zero-order valence-corrected chi connectivity index (χ0v) is 6.94. The van der Waals surface area contributed by atoms with Crippen LogP contribution in [-0.2, 0) is 10.1 Å². The molecule has 0 aromatic carbocycles. The highest BCUT2D eigenvalue weighted by atomic mass is 32.2. The SMILES string of the molecule is CC(C)C(C)(F)S(=O)(=O)O.